The van der Waals surface area contributed by atoms with Gasteiger partial charge in [0.15, 0.2) is 0 Å². The van der Waals surface area contributed by atoms with Crippen molar-refractivity contribution < 1.29 is 4.79 Å². The van der Waals surface area contributed by atoms with Crippen LogP contribution in [0.25, 0.3) is 0 Å². The highest BCUT2D eigenvalue weighted by molar-refractivity contribution is 14.1. The van der Waals surface area contributed by atoms with E-state index in [0.29, 0.717) is 6.54 Å². The zero-order valence-electron chi connectivity index (χ0n) is 4.49. The van der Waals surface area contributed by atoms with E-state index in [4.69, 9.17) is 0 Å². The summed E-state index contributed by atoms with van der Waals surface area (Å²) in [5, 5.41) is 2.53. The van der Waals surface area contributed by atoms with Crippen molar-refractivity contribution in [1.29, 1.82) is 0 Å². The predicted octanol–water partition coefficient (Wildman–Crippen LogP) is 0.160. The molecule has 0 atom stereocenters. The average molecular weight is 229 g/mol. The average Bonchev–Trinajstić information content (AvgIpc) is 1.68. The van der Waals surface area contributed by atoms with Crippen molar-refractivity contribution in [3.05, 3.63) is 0 Å². The molecule has 0 heterocycles. The van der Waals surface area contributed by atoms with Gasteiger partial charge in [-0.3, -0.25) is 5.43 Å². The Morgan fingerprint density at radius 1 is 1.75 bits per heavy atom. The van der Waals surface area contributed by atoms with Crippen LogP contribution >= 0.6 is 22.9 Å². The normalized spacial score (nSPS) is 8.25. The summed E-state index contributed by atoms with van der Waals surface area (Å²) in [5.41, 5.74) is 2.33. The number of urea groups is 1. The molecule has 0 bridgehead atoms. The predicted molar refractivity (Wildman–Crippen MR) is 39.4 cm³/mol. The summed E-state index contributed by atoms with van der Waals surface area (Å²) in [6, 6.07) is -0.207. The topological polar surface area (TPSA) is 53.2 Å². The summed E-state index contributed by atoms with van der Waals surface area (Å²) in [6.45, 7) is 2.50. The summed E-state index contributed by atoms with van der Waals surface area (Å²) in [6.07, 6.45) is 0. The molecule has 3 N–H and O–H groups in total. The summed E-state index contributed by atoms with van der Waals surface area (Å²) in [4.78, 5) is 10.4. The summed E-state index contributed by atoms with van der Waals surface area (Å²) in [7, 11) is 0. The van der Waals surface area contributed by atoms with E-state index in [1.54, 1.807) is 0 Å². The van der Waals surface area contributed by atoms with Crippen LogP contribution in [0.1, 0.15) is 6.92 Å². The SMILES string of the molecule is CCNC(=O)NNI. The number of halogens is 1. The van der Waals surface area contributed by atoms with Gasteiger partial charge in [-0.15, -0.1) is 0 Å². The molecule has 0 aromatic heterocycles. The van der Waals surface area contributed by atoms with E-state index in [1.165, 1.54) is 0 Å². The second kappa shape index (κ2) is 5.10. The molecular formula is C3H8IN3O. The largest absolute Gasteiger partial charge is 0.337 e. The molecule has 0 saturated carbocycles. The fourth-order valence-corrected chi connectivity index (χ4v) is 0.493. The van der Waals surface area contributed by atoms with E-state index in [2.05, 4.69) is 14.4 Å². The van der Waals surface area contributed by atoms with Crippen LogP contribution in [-0.2, 0) is 0 Å². The number of amides is 2. The first-order valence-electron chi connectivity index (χ1n) is 2.20. The highest BCUT2D eigenvalue weighted by Gasteiger charge is 1.90. The fourth-order valence-electron chi connectivity index (χ4n) is 0.248. The minimum absolute atomic E-state index is 0.207. The van der Waals surface area contributed by atoms with Gasteiger partial charge in [-0.2, -0.15) is 3.64 Å². The molecule has 0 aliphatic heterocycles. The van der Waals surface area contributed by atoms with Crippen LogP contribution in [-0.4, -0.2) is 12.6 Å². The van der Waals surface area contributed by atoms with Crippen LogP contribution in [0.5, 0.6) is 0 Å². The summed E-state index contributed by atoms with van der Waals surface area (Å²) >= 11 is 1.82. The number of carbonyl (C=O) groups excluding carboxylic acids is 1. The van der Waals surface area contributed by atoms with Crippen molar-refractivity contribution >= 4 is 28.9 Å². The van der Waals surface area contributed by atoms with E-state index >= 15 is 0 Å². The Kier molecular flexibility index (Phi) is 5.08. The van der Waals surface area contributed by atoms with Crippen LogP contribution in [0.3, 0.4) is 0 Å². The van der Waals surface area contributed by atoms with E-state index in [-0.39, 0.29) is 6.03 Å². The van der Waals surface area contributed by atoms with Crippen LogP contribution in [0.4, 0.5) is 4.79 Å². The van der Waals surface area contributed by atoms with Gasteiger partial charge in [0.2, 0.25) is 0 Å². The van der Waals surface area contributed by atoms with E-state index in [9.17, 15) is 4.79 Å². The molecule has 5 heteroatoms. The number of hydrazine groups is 1. The molecule has 0 aromatic carbocycles. The Balaban J connectivity index is 3.06. The van der Waals surface area contributed by atoms with Crippen molar-refractivity contribution in [3.8, 4) is 0 Å². The molecule has 4 nitrogen and oxygen atoms in total. The molecular weight excluding hydrogens is 221 g/mol. The van der Waals surface area contributed by atoms with Gasteiger partial charge in [-0.25, -0.2) is 4.79 Å². The van der Waals surface area contributed by atoms with Gasteiger partial charge < -0.3 is 5.32 Å². The highest BCUT2D eigenvalue weighted by Crippen LogP contribution is 1.62. The van der Waals surface area contributed by atoms with Crippen molar-refractivity contribution in [2.75, 3.05) is 6.54 Å². The molecule has 0 rings (SSSR count). The lowest BCUT2D eigenvalue weighted by Gasteiger charge is -1.99. The minimum Gasteiger partial charge on any atom is -0.337 e. The van der Waals surface area contributed by atoms with Gasteiger partial charge in [0.1, 0.15) is 0 Å². The highest BCUT2D eigenvalue weighted by atomic mass is 127. The lowest BCUT2D eigenvalue weighted by Crippen LogP contribution is -2.39. The Bertz CT molecular complexity index is 68.9. The standard InChI is InChI=1S/C3H8IN3O/c1-2-5-3(8)6-7-4/h7H,2H2,1H3,(H2,5,6,8). The van der Waals surface area contributed by atoms with Gasteiger partial charge in [-0.05, 0) is 6.92 Å². The van der Waals surface area contributed by atoms with Gasteiger partial charge in [0.25, 0.3) is 0 Å². The first-order valence-corrected chi connectivity index (χ1v) is 3.28. The molecule has 0 saturated heterocycles. The van der Waals surface area contributed by atoms with Crippen LogP contribution in [0, 0.1) is 0 Å². The van der Waals surface area contributed by atoms with E-state index in [0.717, 1.165) is 0 Å². The minimum atomic E-state index is -0.207. The van der Waals surface area contributed by atoms with Gasteiger partial charge in [0.05, 0.1) is 0 Å². The van der Waals surface area contributed by atoms with E-state index < -0.39 is 0 Å². The Morgan fingerprint density at radius 3 is 2.75 bits per heavy atom. The molecule has 0 aromatic rings. The van der Waals surface area contributed by atoms with Crippen LogP contribution in [0.2, 0.25) is 0 Å². The van der Waals surface area contributed by atoms with Crippen LogP contribution in [0.15, 0.2) is 0 Å². The van der Waals surface area contributed by atoms with Gasteiger partial charge >= 0.3 is 6.03 Å². The quantitative estimate of drug-likeness (QED) is 0.359. The zero-order valence-corrected chi connectivity index (χ0v) is 6.65. The maximum Gasteiger partial charge on any atom is 0.329 e. The number of carbonyl (C=O) groups is 1. The first-order chi connectivity index (χ1) is 3.81. The number of hydrogen-bond acceptors (Lipinski definition) is 2. The Morgan fingerprint density at radius 2 is 2.38 bits per heavy atom. The second-order valence-electron chi connectivity index (χ2n) is 1.08. The molecule has 0 unspecified atom stereocenters. The van der Waals surface area contributed by atoms with Gasteiger partial charge in [0, 0.05) is 29.4 Å². The maximum absolute atomic E-state index is 10.4. The number of nitrogens with one attached hydrogen (secondary N) is 3. The lowest BCUT2D eigenvalue weighted by molar-refractivity contribution is 0.241. The molecule has 0 radical (unpaired) electrons. The molecule has 0 spiro atoms. The maximum atomic E-state index is 10.4. The molecule has 0 aliphatic rings. The van der Waals surface area contributed by atoms with Gasteiger partial charge in [-0.1, -0.05) is 0 Å². The third-order valence-electron chi connectivity index (χ3n) is 0.498. The fraction of sp³-hybridized carbons (Fsp3) is 0.667. The first kappa shape index (κ1) is 7.96. The van der Waals surface area contributed by atoms with Crippen molar-refractivity contribution in [2.45, 2.75) is 6.92 Å². The lowest BCUT2D eigenvalue weighted by atomic mass is 10.7. The molecule has 48 valence electrons. The van der Waals surface area contributed by atoms with Crippen molar-refractivity contribution in [2.24, 2.45) is 0 Å². The third-order valence-corrected chi connectivity index (χ3v) is 0.768. The smallest absolute Gasteiger partial charge is 0.329 e. The van der Waals surface area contributed by atoms with Crippen LogP contribution < -0.4 is 14.4 Å². The molecule has 0 fully saturated rings. The summed E-state index contributed by atoms with van der Waals surface area (Å²) in [5.74, 6) is 0. The molecule has 8 heavy (non-hydrogen) atoms. The third kappa shape index (κ3) is 4.13. The molecule has 0 aliphatic carbocycles. The second-order valence-corrected chi connectivity index (χ2v) is 1.62. The zero-order chi connectivity index (χ0) is 6.41. The van der Waals surface area contributed by atoms with E-state index in [1.807, 2.05) is 29.8 Å². The van der Waals surface area contributed by atoms with Crippen molar-refractivity contribution in [3.63, 3.8) is 0 Å². The Labute approximate surface area is 61.9 Å². The number of rotatable bonds is 2. The number of hydrogen-bond donors (Lipinski definition) is 3. The summed E-state index contributed by atoms with van der Waals surface area (Å²) < 4.78 is 2.46. The Hall–Kier alpha value is -0.0400. The monoisotopic (exact) mass is 229 g/mol. The molecule has 2 amide bonds. The van der Waals surface area contributed by atoms with Crippen molar-refractivity contribution in [1.82, 2.24) is 14.4 Å².